The number of carbonyl (C=O) groups is 1. The molecule has 1 N–H and O–H groups in total. The molecule has 4 rings (SSSR count). The molecule has 8 nitrogen and oxygen atoms in total. The van der Waals surface area contributed by atoms with E-state index in [1.165, 1.54) is 4.57 Å². The van der Waals surface area contributed by atoms with Gasteiger partial charge in [0, 0.05) is 32.9 Å². The third-order valence-electron chi connectivity index (χ3n) is 5.66. The fraction of sp³-hybridized carbons (Fsp3) is 0.417. The maximum atomic E-state index is 12.9. The summed E-state index contributed by atoms with van der Waals surface area (Å²) in [5.41, 5.74) is 2.04. The number of piperidine rings is 1. The van der Waals surface area contributed by atoms with Crippen molar-refractivity contribution in [3.05, 3.63) is 58.5 Å². The molecule has 1 aliphatic rings. The van der Waals surface area contributed by atoms with Crippen molar-refractivity contribution in [2.24, 2.45) is 13.0 Å². The van der Waals surface area contributed by atoms with Gasteiger partial charge in [0.2, 0.25) is 5.91 Å². The van der Waals surface area contributed by atoms with E-state index in [0.717, 1.165) is 24.2 Å². The zero-order chi connectivity index (χ0) is 22.7. The first-order valence-corrected chi connectivity index (χ1v) is 11.0. The molecule has 0 aliphatic carbocycles. The van der Waals surface area contributed by atoms with Crippen LogP contribution in [0, 0.1) is 5.92 Å². The number of anilines is 1. The maximum absolute atomic E-state index is 12.9. The molecule has 8 heteroatoms. The van der Waals surface area contributed by atoms with E-state index in [1.807, 2.05) is 49.1 Å². The molecule has 3 heterocycles. The summed E-state index contributed by atoms with van der Waals surface area (Å²) in [6.45, 7) is 5.61. The normalized spacial score (nSPS) is 16.4. The molecule has 3 aromatic rings. The van der Waals surface area contributed by atoms with Gasteiger partial charge in [0.25, 0.3) is 5.56 Å². The molecular weight excluding hydrogens is 406 g/mol. The maximum Gasteiger partial charge on any atom is 0.294 e. The van der Waals surface area contributed by atoms with Crippen molar-refractivity contribution >= 4 is 22.9 Å². The predicted molar refractivity (Wildman–Crippen MR) is 124 cm³/mol. The Hall–Kier alpha value is -3.42. The van der Waals surface area contributed by atoms with Crippen molar-refractivity contribution < 1.29 is 9.53 Å². The van der Waals surface area contributed by atoms with E-state index in [-0.39, 0.29) is 23.5 Å². The van der Waals surface area contributed by atoms with Gasteiger partial charge in [-0.15, -0.1) is 0 Å². The Morgan fingerprint density at radius 3 is 2.78 bits per heavy atom. The topological polar surface area (TPSA) is 89.3 Å². The SMILES string of the molecule is CC(C)Oc1ccc(CNC(=O)C2CCCN(c3nc4cccnc4n(C)c3=O)C2)cc1. The highest BCUT2D eigenvalue weighted by Gasteiger charge is 2.28. The van der Waals surface area contributed by atoms with Crippen LogP contribution < -0.4 is 20.5 Å². The lowest BCUT2D eigenvalue weighted by Gasteiger charge is -2.32. The molecule has 1 fully saturated rings. The van der Waals surface area contributed by atoms with Crippen molar-refractivity contribution in [3.8, 4) is 5.75 Å². The third-order valence-corrected chi connectivity index (χ3v) is 5.66. The van der Waals surface area contributed by atoms with Crippen LogP contribution in [0.15, 0.2) is 47.4 Å². The molecule has 1 atom stereocenters. The molecule has 0 radical (unpaired) electrons. The minimum atomic E-state index is -0.194. The zero-order valence-electron chi connectivity index (χ0n) is 18.7. The van der Waals surface area contributed by atoms with Gasteiger partial charge in [-0.2, -0.15) is 0 Å². The Morgan fingerprint density at radius 2 is 2.03 bits per heavy atom. The molecule has 1 aliphatic heterocycles. The monoisotopic (exact) mass is 435 g/mol. The Kier molecular flexibility index (Phi) is 6.39. The highest BCUT2D eigenvalue weighted by molar-refractivity contribution is 5.79. The number of benzene rings is 1. The number of pyridine rings is 1. The number of hydrogen-bond acceptors (Lipinski definition) is 6. The van der Waals surface area contributed by atoms with Crippen molar-refractivity contribution in [1.29, 1.82) is 0 Å². The number of amides is 1. The van der Waals surface area contributed by atoms with E-state index in [1.54, 1.807) is 19.3 Å². The molecule has 0 bridgehead atoms. The summed E-state index contributed by atoms with van der Waals surface area (Å²) in [5.74, 6) is 1.00. The largest absolute Gasteiger partial charge is 0.491 e. The van der Waals surface area contributed by atoms with E-state index >= 15 is 0 Å². The molecule has 0 spiro atoms. The Balaban J connectivity index is 1.42. The molecule has 1 unspecified atom stereocenters. The van der Waals surface area contributed by atoms with Crippen LogP contribution in [0.3, 0.4) is 0 Å². The van der Waals surface area contributed by atoms with E-state index < -0.39 is 0 Å². The van der Waals surface area contributed by atoms with Crippen LogP contribution in [0.25, 0.3) is 11.2 Å². The molecule has 1 saturated heterocycles. The summed E-state index contributed by atoms with van der Waals surface area (Å²) in [6, 6.07) is 11.4. The first-order valence-electron chi connectivity index (χ1n) is 11.0. The smallest absolute Gasteiger partial charge is 0.294 e. The number of carbonyl (C=O) groups excluding carboxylic acids is 1. The van der Waals surface area contributed by atoms with Crippen LogP contribution in [0.2, 0.25) is 0 Å². The Morgan fingerprint density at radius 1 is 1.25 bits per heavy atom. The summed E-state index contributed by atoms with van der Waals surface area (Å²) in [7, 11) is 1.70. The lowest BCUT2D eigenvalue weighted by atomic mass is 9.97. The van der Waals surface area contributed by atoms with Crippen molar-refractivity contribution in [1.82, 2.24) is 19.9 Å². The Bertz CT molecular complexity index is 1160. The highest BCUT2D eigenvalue weighted by Crippen LogP contribution is 2.21. The molecular formula is C24H29N5O3. The summed E-state index contributed by atoms with van der Waals surface area (Å²) >= 11 is 0. The average molecular weight is 436 g/mol. The van der Waals surface area contributed by atoms with Gasteiger partial charge < -0.3 is 15.0 Å². The quantitative estimate of drug-likeness (QED) is 0.640. The van der Waals surface area contributed by atoms with E-state index in [9.17, 15) is 9.59 Å². The fourth-order valence-corrected chi connectivity index (χ4v) is 4.02. The lowest BCUT2D eigenvalue weighted by molar-refractivity contribution is -0.125. The van der Waals surface area contributed by atoms with Crippen LogP contribution in [-0.4, -0.2) is 39.6 Å². The van der Waals surface area contributed by atoms with E-state index in [2.05, 4.69) is 15.3 Å². The third kappa shape index (κ3) is 4.74. The van der Waals surface area contributed by atoms with Gasteiger partial charge >= 0.3 is 0 Å². The van der Waals surface area contributed by atoms with Crippen LogP contribution in [0.1, 0.15) is 32.3 Å². The second kappa shape index (κ2) is 9.38. The van der Waals surface area contributed by atoms with Gasteiger partial charge in [0.15, 0.2) is 11.5 Å². The Labute approximate surface area is 187 Å². The van der Waals surface area contributed by atoms with Crippen molar-refractivity contribution in [2.75, 3.05) is 18.0 Å². The van der Waals surface area contributed by atoms with Gasteiger partial charge in [-0.25, -0.2) is 9.97 Å². The van der Waals surface area contributed by atoms with Gasteiger partial charge in [0.1, 0.15) is 11.3 Å². The number of nitrogens with one attached hydrogen (secondary N) is 1. The zero-order valence-corrected chi connectivity index (χ0v) is 18.7. The molecule has 0 saturated carbocycles. The number of fused-ring (bicyclic) bond motifs is 1. The average Bonchev–Trinajstić information content (AvgIpc) is 2.80. The highest BCUT2D eigenvalue weighted by atomic mass is 16.5. The molecule has 168 valence electrons. The first-order chi connectivity index (χ1) is 15.4. The van der Waals surface area contributed by atoms with Crippen LogP contribution in [0.4, 0.5) is 5.82 Å². The van der Waals surface area contributed by atoms with Crippen molar-refractivity contribution in [2.45, 2.75) is 39.3 Å². The molecule has 1 amide bonds. The summed E-state index contributed by atoms with van der Waals surface area (Å²) in [6.07, 6.45) is 3.39. The van der Waals surface area contributed by atoms with Gasteiger partial charge in [-0.1, -0.05) is 12.1 Å². The number of nitrogens with zero attached hydrogens (tertiary/aromatic N) is 4. The van der Waals surface area contributed by atoms with Crippen molar-refractivity contribution in [3.63, 3.8) is 0 Å². The van der Waals surface area contributed by atoms with Crippen LogP contribution in [-0.2, 0) is 18.4 Å². The summed E-state index contributed by atoms with van der Waals surface area (Å²) in [5, 5.41) is 3.04. The lowest BCUT2D eigenvalue weighted by Crippen LogP contribution is -2.45. The standard InChI is InChI=1S/C24H29N5O3/c1-16(2)32-19-10-8-17(9-11-19)14-26-23(30)18-6-5-13-29(15-18)22-24(31)28(3)21-20(27-22)7-4-12-25-21/h4,7-12,16,18H,5-6,13-15H2,1-3H3,(H,26,30). The fourth-order valence-electron chi connectivity index (χ4n) is 4.02. The minimum absolute atomic E-state index is 0.00325. The molecule has 2 aromatic heterocycles. The number of aromatic nitrogens is 3. The number of aryl methyl sites for hydroxylation is 1. The van der Waals surface area contributed by atoms with Crippen LogP contribution >= 0.6 is 0 Å². The number of hydrogen-bond donors (Lipinski definition) is 1. The van der Waals surface area contributed by atoms with Gasteiger partial charge in [0.05, 0.1) is 12.0 Å². The first kappa shape index (κ1) is 21.8. The minimum Gasteiger partial charge on any atom is -0.491 e. The van der Waals surface area contributed by atoms with Gasteiger partial charge in [-0.05, 0) is 56.5 Å². The van der Waals surface area contributed by atoms with E-state index in [4.69, 9.17) is 4.74 Å². The second-order valence-corrected chi connectivity index (χ2v) is 8.46. The second-order valence-electron chi connectivity index (χ2n) is 8.46. The molecule has 32 heavy (non-hydrogen) atoms. The predicted octanol–water partition coefficient (Wildman–Crippen LogP) is 2.65. The van der Waals surface area contributed by atoms with Gasteiger partial charge in [-0.3, -0.25) is 14.2 Å². The van der Waals surface area contributed by atoms with Crippen LogP contribution in [0.5, 0.6) is 5.75 Å². The van der Waals surface area contributed by atoms with E-state index in [0.29, 0.717) is 36.6 Å². The number of rotatable bonds is 6. The summed E-state index contributed by atoms with van der Waals surface area (Å²) in [4.78, 5) is 36.5. The summed E-state index contributed by atoms with van der Waals surface area (Å²) < 4.78 is 7.18. The number of ether oxygens (including phenoxy) is 1. The molecule has 1 aromatic carbocycles.